The molecule has 0 radical (unpaired) electrons. The predicted octanol–water partition coefficient (Wildman–Crippen LogP) is 5.99. The minimum atomic E-state index is -0.366. The monoisotopic (exact) mass is 526 g/mol. The summed E-state index contributed by atoms with van der Waals surface area (Å²) in [5.41, 5.74) is 2.79. The van der Waals surface area contributed by atoms with Gasteiger partial charge in [0.2, 0.25) is 0 Å². The Bertz CT molecular complexity index is 1410. The van der Waals surface area contributed by atoms with Gasteiger partial charge in [0.1, 0.15) is 19.0 Å². The molecule has 3 aromatic carbocycles. The number of para-hydroxylation sites is 1. The van der Waals surface area contributed by atoms with E-state index < -0.39 is 0 Å². The van der Waals surface area contributed by atoms with Gasteiger partial charge in [-0.05, 0) is 60.2 Å². The number of carbonyl (C=O) groups excluding carboxylic acids is 2. The number of amides is 2. The van der Waals surface area contributed by atoms with Crippen molar-refractivity contribution in [3.63, 3.8) is 0 Å². The zero-order chi connectivity index (χ0) is 26.9. The molecule has 4 rings (SSSR count). The Morgan fingerprint density at radius 3 is 2.53 bits per heavy atom. The summed E-state index contributed by atoms with van der Waals surface area (Å²) in [6.07, 6.45) is 3.91. The normalized spacial score (nSPS) is 13.9. The molecular weight excluding hydrogens is 500 g/mol. The molecule has 0 atom stereocenters. The van der Waals surface area contributed by atoms with Crippen molar-refractivity contribution in [1.82, 2.24) is 4.90 Å². The molecule has 192 valence electrons. The fraction of sp³-hybridized carbons (Fsp3) is 0.167. The summed E-state index contributed by atoms with van der Waals surface area (Å²) in [4.78, 5) is 27.0. The maximum atomic E-state index is 13.0. The minimum Gasteiger partial charge on any atom is -0.493 e. The number of ether oxygens (including phenoxy) is 3. The highest BCUT2D eigenvalue weighted by Gasteiger charge is 2.35. The average Bonchev–Trinajstić information content (AvgIpc) is 3.20. The van der Waals surface area contributed by atoms with Gasteiger partial charge in [-0.3, -0.25) is 14.5 Å². The van der Waals surface area contributed by atoms with Gasteiger partial charge in [0, 0.05) is 11.1 Å². The van der Waals surface area contributed by atoms with Crippen LogP contribution in [0, 0.1) is 11.3 Å². The zero-order valence-electron chi connectivity index (χ0n) is 20.9. The number of hydrogen-bond acceptors (Lipinski definition) is 7. The fourth-order valence-corrected chi connectivity index (χ4v) is 4.78. The van der Waals surface area contributed by atoms with Crippen LogP contribution in [0.4, 0.5) is 4.79 Å². The lowest BCUT2D eigenvalue weighted by atomic mass is 10.0. The molecule has 38 heavy (non-hydrogen) atoms. The van der Waals surface area contributed by atoms with Crippen LogP contribution >= 0.6 is 11.8 Å². The second-order valence-corrected chi connectivity index (χ2v) is 9.25. The first kappa shape index (κ1) is 26.6. The quantitative estimate of drug-likeness (QED) is 0.224. The molecule has 0 saturated carbocycles. The van der Waals surface area contributed by atoms with Gasteiger partial charge in [0.05, 0.1) is 30.2 Å². The number of methoxy groups -OCH3 is 1. The van der Waals surface area contributed by atoms with Crippen LogP contribution in [0.3, 0.4) is 0 Å². The Hall–Kier alpha value is -4.48. The van der Waals surface area contributed by atoms with Crippen molar-refractivity contribution < 1.29 is 23.8 Å². The number of imide groups is 1. The van der Waals surface area contributed by atoms with E-state index in [0.717, 1.165) is 22.9 Å². The number of hydrogen-bond donors (Lipinski definition) is 0. The van der Waals surface area contributed by atoms with Gasteiger partial charge in [-0.15, -0.1) is 6.58 Å². The van der Waals surface area contributed by atoms with E-state index in [1.54, 1.807) is 30.4 Å². The highest BCUT2D eigenvalue weighted by molar-refractivity contribution is 8.18. The lowest BCUT2D eigenvalue weighted by molar-refractivity contribution is -0.123. The summed E-state index contributed by atoms with van der Waals surface area (Å²) in [5, 5.41) is 9.03. The van der Waals surface area contributed by atoms with Crippen molar-refractivity contribution >= 4 is 29.0 Å². The lowest BCUT2D eigenvalue weighted by Gasteiger charge is -2.16. The minimum absolute atomic E-state index is 0.152. The lowest BCUT2D eigenvalue weighted by Crippen LogP contribution is -2.32. The number of allylic oxidation sites excluding steroid dienone is 1. The Balaban J connectivity index is 1.52. The third-order valence-electron chi connectivity index (χ3n) is 5.75. The molecule has 1 fully saturated rings. The van der Waals surface area contributed by atoms with E-state index in [0.29, 0.717) is 39.7 Å². The molecule has 0 spiro atoms. The largest absolute Gasteiger partial charge is 0.493 e. The number of carbonyl (C=O) groups is 2. The Morgan fingerprint density at radius 1 is 1.03 bits per heavy atom. The van der Waals surface area contributed by atoms with Gasteiger partial charge >= 0.3 is 0 Å². The predicted molar refractivity (Wildman–Crippen MR) is 147 cm³/mol. The molecular formula is C30H26N2O5S. The van der Waals surface area contributed by atoms with Crippen LogP contribution in [0.2, 0.25) is 0 Å². The molecule has 2 amide bonds. The number of nitriles is 1. The molecule has 1 aliphatic heterocycles. The van der Waals surface area contributed by atoms with E-state index in [-0.39, 0.29) is 30.9 Å². The fourth-order valence-electron chi connectivity index (χ4n) is 3.91. The second kappa shape index (κ2) is 12.7. The maximum Gasteiger partial charge on any atom is 0.293 e. The second-order valence-electron chi connectivity index (χ2n) is 8.26. The molecule has 0 unspecified atom stereocenters. The highest BCUT2D eigenvalue weighted by atomic mass is 32.2. The summed E-state index contributed by atoms with van der Waals surface area (Å²) in [5.74, 6) is 1.31. The molecule has 1 aliphatic rings. The molecule has 7 nitrogen and oxygen atoms in total. The van der Waals surface area contributed by atoms with Crippen molar-refractivity contribution in [2.45, 2.75) is 13.0 Å². The molecule has 0 aromatic heterocycles. The van der Waals surface area contributed by atoms with Crippen LogP contribution in [0.5, 0.6) is 17.2 Å². The van der Waals surface area contributed by atoms with Crippen molar-refractivity contribution in [2.24, 2.45) is 0 Å². The standard InChI is InChI=1S/C30H26N2O5S/c1-3-9-22-16-21(17-26(35-2)28(22)37-20-24-11-8-7-10-23(24)19-31)18-27-29(33)32(30(34)38-27)14-15-36-25-12-5-4-6-13-25/h3-8,10-13,16-18H,1,9,14-15,20H2,2H3. The zero-order valence-corrected chi connectivity index (χ0v) is 21.7. The van der Waals surface area contributed by atoms with Gasteiger partial charge in [-0.2, -0.15) is 5.26 Å². The van der Waals surface area contributed by atoms with Crippen molar-refractivity contribution in [3.05, 3.63) is 107 Å². The van der Waals surface area contributed by atoms with E-state index >= 15 is 0 Å². The van der Waals surface area contributed by atoms with Crippen LogP contribution in [0.25, 0.3) is 6.08 Å². The summed E-state index contributed by atoms with van der Waals surface area (Å²) in [7, 11) is 1.54. The number of nitrogens with zero attached hydrogens (tertiary/aromatic N) is 2. The van der Waals surface area contributed by atoms with Crippen LogP contribution < -0.4 is 14.2 Å². The van der Waals surface area contributed by atoms with Gasteiger partial charge in [-0.1, -0.05) is 42.5 Å². The Labute approximate surface area is 225 Å². The number of benzene rings is 3. The smallest absolute Gasteiger partial charge is 0.293 e. The van der Waals surface area contributed by atoms with Crippen molar-refractivity contribution in [3.8, 4) is 23.3 Å². The first-order chi connectivity index (χ1) is 18.5. The van der Waals surface area contributed by atoms with E-state index in [2.05, 4.69) is 12.6 Å². The highest BCUT2D eigenvalue weighted by Crippen LogP contribution is 2.37. The summed E-state index contributed by atoms with van der Waals surface area (Å²) < 4.78 is 17.4. The molecule has 0 bridgehead atoms. The third kappa shape index (κ3) is 6.25. The van der Waals surface area contributed by atoms with Gasteiger partial charge in [0.25, 0.3) is 11.1 Å². The van der Waals surface area contributed by atoms with Crippen LogP contribution in [-0.4, -0.2) is 36.3 Å². The molecule has 0 aliphatic carbocycles. The number of rotatable bonds is 11. The van der Waals surface area contributed by atoms with Gasteiger partial charge in [0.15, 0.2) is 11.5 Å². The average molecular weight is 527 g/mol. The van der Waals surface area contributed by atoms with E-state index in [4.69, 9.17) is 14.2 Å². The van der Waals surface area contributed by atoms with Crippen molar-refractivity contribution in [1.29, 1.82) is 5.26 Å². The molecule has 8 heteroatoms. The maximum absolute atomic E-state index is 13.0. The first-order valence-electron chi connectivity index (χ1n) is 11.9. The summed E-state index contributed by atoms with van der Waals surface area (Å²) >= 11 is 0.892. The van der Waals surface area contributed by atoms with E-state index in [9.17, 15) is 14.9 Å². The SMILES string of the molecule is C=CCc1cc(C=C2SC(=O)N(CCOc3ccccc3)C2=O)cc(OC)c1OCc1ccccc1C#N. The van der Waals surface area contributed by atoms with Crippen LogP contribution in [0.1, 0.15) is 22.3 Å². The van der Waals surface area contributed by atoms with E-state index in [1.807, 2.05) is 48.5 Å². The van der Waals surface area contributed by atoms with E-state index in [1.165, 1.54) is 12.0 Å². The van der Waals surface area contributed by atoms with Gasteiger partial charge < -0.3 is 14.2 Å². The number of thioether (sulfide) groups is 1. The third-order valence-corrected chi connectivity index (χ3v) is 6.65. The summed E-state index contributed by atoms with van der Waals surface area (Å²) in [6, 6.07) is 22.3. The molecule has 1 saturated heterocycles. The first-order valence-corrected chi connectivity index (χ1v) is 12.7. The molecule has 3 aromatic rings. The topological polar surface area (TPSA) is 88.9 Å². The molecule has 1 heterocycles. The Kier molecular flexibility index (Phi) is 8.85. The van der Waals surface area contributed by atoms with Crippen LogP contribution in [0.15, 0.2) is 84.3 Å². The van der Waals surface area contributed by atoms with Gasteiger partial charge in [-0.25, -0.2) is 0 Å². The van der Waals surface area contributed by atoms with Crippen molar-refractivity contribution in [2.75, 3.05) is 20.3 Å². The summed E-state index contributed by atoms with van der Waals surface area (Å²) in [6.45, 7) is 4.38. The molecule has 0 N–H and O–H groups in total. The Morgan fingerprint density at radius 2 is 1.79 bits per heavy atom. The van der Waals surface area contributed by atoms with Crippen LogP contribution in [-0.2, 0) is 17.8 Å².